The molecule has 1 N–H and O–H groups in total. The van der Waals surface area contributed by atoms with E-state index in [-0.39, 0.29) is 0 Å². The summed E-state index contributed by atoms with van der Waals surface area (Å²) in [5.74, 6) is 3.86. The molecule has 0 aliphatic heterocycles. The topological polar surface area (TPSA) is 38.7 Å². The second-order valence-electron chi connectivity index (χ2n) is 6.42. The Kier molecular flexibility index (Phi) is 4.46. The van der Waals surface area contributed by atoms with Crippen LogP contribution in [-0.2, 0) is 0 Å². The number of halogens is 1. The molecular formula is C17H23BrO3. The van der Waals surface area contributed by atoms with Gasteiger partial charge in [-0.2, -0.15) is 0 Å². The highest BCUT2D eigenvalue weighted by atomic mass is 79.9. The van der Waals surface area contributed by atoms with Crippen molar-refractivity contribution in [1.29, 1.82) is 0 Å². The molecule has 1 aromatic rings. The Morgan fingerprint density at radius 1 is 1.19 bits per heavy atom. The van der Waals surface area contributed by atoms with Gasteiger partial charge >= 0.3 is 0 Å². The molecule has 4 unspecified atom stereocenters. The summed E-state index contributed by atoms with van der Waals surface area (Å²) in [6.45, 7) is 0. The van der Waals surface area contributed by atoms with Crippen LogP contribution in [-0.4, -0.2) is 19.3 Å². The van der Waals surface area contributed by atoms with E-state index in [0.29, 0.717) is 5.92 Å². The summed E-state index contributed by atoms with van der Waals surface area (Å²) in [5, 5.41) is 10.7. The van der Waals surface area contributed by atoms with Gasteiger partial charge in [0, 0.05) is 5.56 Å². The molecule has 4 heteroatoms. The van der Waals surface area contributed by atoms with Crippen LogP contribution in [0, 0.1) is 17.8 Å². The third-order valence-corrected chi connectivity index (χ3v) is 5.89. The second kappa shape index (κ2) is 6.17. The molecular weight excluding hydrogens is 332 g/mol. The van der Waals surface area contributed by atoms with E-state index in [1.807, 2.05) is 12.1 Å². The Bertz CT molecular complexity index is 517. The summed E-state index contributed by atoms with van der Waals surface area (Å²) >= 11 is 3.46. The summed E-state index contributed by atoms with van der Waals surface area (Å²) < 4.78 is 11.6. The summed E-state index contributed by atoms with van der Waals surface area (Å²) in [4.78, 5) is 0. The van der Waals surface area contributed by atoms with Crippen molar-refractivity contribution in [3.8, 4) is 11.5 Å². The van der Waals surface area contributed by atoms with Gasteiger partial charge in [-0.25, -0.2) is 0 Å². The monoisotopic (exact) mass is 354 g/mol. The maximum absolute atomic E-state index is 10.7. The van der Waals surface area contributed by atoms with Gasteiger partial charge in [0.15, 0.2) is 0 Å². The molecule has 3 rings (SSSR count). The number of hydrogen-bond donors (Lipinski definition) is 1. The van der Waals surface area contributed by atoms with Gasteiger partial charge in [-0.05, 0) is 71.5 Å². The van der Waals surface area contributed by atoms with Crippen molar-refractivity contribution in [2.45, 2.75) is 38.2 Å². The minimum absolute atomic E-state index is 0.480. The molecule has 0 saturated heterocycles. The first-order valence-electron chi connectivity index (χ1n) is 7.71. The zero-order valence-corrected chi connectivity index (χ0v) is 14.2. The van der Waals surface area contributed by atoms with E-state index in [1.54, 1.807) is 14.2 Å². The SMILES string of the molecule is COc1cc(C(O)CC2CC3CCC2C3)c(OC)cc1Br. The lowest BCUT2D eigenvalue weighted by molar-refractivity contribution is 0.122. The van der Waals surface area contributed by atoms with Crippen LogP contribution in [0.15, 0.2) is 16.6 Å². The van der Waals surface area contributed by atoms with Crippen molar-refractivity contribution >= 4 is 15.9 Å². The molecule has 116 valence electrons. The lowest BCUT2D eigenvalue weighted by Crippen LogP contribution is -2.15. The number of rotatable bonds is 5. The maximum Gasteiger partial charge on any atom is 0.133 e. The average Bonchev–Trinajstić information content (AvgIpc) is 3.09. The molecule has 2 aliphatic rings. The van der Waals surface area contributed by atoms with E-state index >= 15 is 0 Å². The highest BCUT2D eigenvalue weighted by Crippen LogP contribution is 2.51. The molecule has 0 heterocycles. The van der Waals surface area contributed by atoms with Gasteiger partial charge < -0.3 is 14.6 Å². The molecule has 2 aliphatic carbocycles. The summed E-state index contributed by atoms with van der Waals surface area (Å²) in [6, 6.07) is 3.76. The van der Waals surface area contributed by atoms with E-state index in [9.17, 15) is 5.11 Å². The van der Waals surface area contributed by atoms with Gasteiger partial charge in [0.05, 0.1) is 24.8 Å². The number of aliphatic hydroxyl groups excluding tert-OH is 1. The molecule has 1 aromatic carbocycles. The van der Waals surface area contributed by atoms with Crippen LogP contribution in [0.25, 0.3) is 0 Å². The Hall–Kier alpha value is -0.740. The van der Waals surface area contributed by atoms with Crippen molar-refractivity contribution in [3.05, 3.63) is 22.2 Å². The van der Waals surface area contributed by atoms with Gasteiger partial charge in [0.2, 0.25) is 0 Å². The van der Waals surface area contributed by atoms with E-state index in [0.717, 1.165) is 39.8 Å². The largest absolute Gasteiger partial charge is 0.496 e. The molecule has 0 aromatic heterocycles. The fourth-order valence-corrected chi connectivity index (χ4v) is 4.71. The van der Waals surface area contributed by atoms with Crippen LogP contribution in [0.2, 0.25) is 0 Å². The first-order chi connectivity index (χ1) is 10.1. The van der Waals surface area contributed by atoms with Crippen LogP contribution in [0.4, 0.5) is 0 Å². The Balaban J connectivity index is 1.78. The quantitative estimate of drug-likeness (QED) is 0.855. The van der Waals surface area contributed by atoms with Gasteiger partial charge in [-0.1, -0.05) is 6.42 Å². The molecule has 0 amide bonds. The highest BCUT2D eigenvalue weighted by molar-refractivity contribution is 9.10. The number of benzene rings is 1. The summed E-state index contributed by atoms with van der Waals surface area (Å²) in [7, 11) is 3.28. The lowest BCUT2D eigenvalue weighted by Gasteiger charge is -2.25. The number of aliphatic hydroxyl groups is 1. The van der Waals surface area contributed by atoms with Crippen LogP contribution >= 0.6 is 15.9 Å². The van der Waals surface area contributed by atoms with Crippen LogP contribution in [0.3, 0.4) is 0 Å². The van der Waals surface area contributed by atoms with Crippen molar-refractivity contribution < 1.29 is 14.6 Å². The standard InChI is InChI=1S/C17H23BrO3/c1-20-16-9-14(18)17(21-2)8-13(16)15(19)7-12-6-10-3-4-11(12)5-10/h8-12,15,19H,3-7H2,1-2H3. The average molecular weight is 355 g/mol. The lowest BCUT2D eigenvalue weighted by atomic mass is 9.83. The van der Waals surface area contributed by atoms with Crippen molar-refractivity contribution in [2.24, 2.45) is 17.8 Å². The first-order valence-corrected chi connectivity index (χ1v) is 8.51. The molecule has 2 fully saturated rings. The molecule has 0 spiro atoms. The van der Waals surface area contributed by atoms with Crippen LogP contribution < -0.4 is 9.47 Å². The van der Waals surface area contributed by atoms with Crippen molar-refractivity contribution in [2.75, 3.05) is 14.2 Å². The maximum atomic E-state index is 10.7. The Labute approximate surface area is 134 Å². The van der Waals surface area contributed by atoms with E-state index in [1.165, 1.54) is 25.7 Å². The predicted octanol–water partition coefficient (Wildman–Crippen LogP) is 4.33. The zero-order valence-electron chi connectivity index (χ0n) is 12.6. The molecule has 3 nitrogen and oxygen atoms in total. The minimum atomic E-state index is -0.480. The van der Waals surface area contributed by atoms with Gasteiger partial charge in [-0.15, -0.1) is 0 Å². The van der Waals surface area contributed by atoms with Crippen molar-refractivity contribution in [3.63, 3.8) is 0 Å². The van der Waals surface area contributed by atoms with E-state index in [4.69, 9.17) is 9.47 Å². The van der Waals surface area contributed by atoms with Crippen LogP contribution in [0.5, 0.6) is 11.5 Å². The molecule has 0 radical (unpaired) electrons. The number of hydrogen-bond acceptors (Lipinski definition) is 3. The number of fused-ring (bicyclic) bond motifs is 2. The zero-order chi connectivity index (χ0) is 15.0. The first kappa shape index (κ1) is 15.2. The summed E-state index contributed by atoms with van der Waals surface area (Å²) in [5.41, 5.74) is 0.834. The summed E-state index contributed by atoms with van der Waals surface area (Å²) in [6.07, 6.45) is 5.76. The second-order valence-corrected chi connectivity index (χ2v) is 7.27. The Morgan fingerprint density at radius 2 is 1.95 bits per heavy atom. The number of ether oxygens (including phenoxy) is 2. The number of methoxy groups -OCH3 is 2. The molecule has 4 atom stereocenters. The Morgan fingerprint density at radius 3 is 2.52 bits per heavy atom. The molecule has 21 heavy (non-hydrogen) atoms. The van der Waals surface area contributed by atoms with E-state index in [2.05, 4.69) is 15.9 Å². The van der Waals surface area contributed by atoms with Gasteiger partial charge in [0.25, 0.3) is 0 Å². The van der Waals surface area contributed by atoms with Gasteiger partial charge in [0.1, 0.15) is 11.5 Å². The minimum Gasteiger partial charge on any atom is -0.496 e. The fourth-order valence-electron chi connectivity index (χ4n) is 4.22. The normalized spacial score (nSPS) is 28.7. The fraction of sp³-hybridized carbons (Fsp3) is 0.647. The smallest absolute Gasteiger partial charge is 0.133 e. The predicted molar refractivity (Wildman–Crippen MR) is 85.8 cm³/mol. The highest BCUT2D eigenvalue weighted by Gasteiger charge is 2.40. The van der Waals surface area contributed by atoms with Gasteiger partial charge in [-0.3, -0.25) is 0 Å². The van der Waals surface area contributed by atoms with Crippen LogP contribution in [0.1, 0.15) is 43.8 Å². The third kappa shape index (κ3) is 2.93. The molecule has 2 saturated carbocycles. The molecule has 2 bridgehead atoms. The third-order valence-electron chi connectivity index (χ3n) is 5.27. The van der Waals surface area contributed by atoms with Crippen molar-refractivity contribution in [1.82, 2.24) is 0 Å². The van der Waals surface area contributed by atoms with E-state index < -0.39 is 6.10 Å².